The van der Waals surface area contributed by atoms with Crippen molar-refractivity contribution in [3.8, 4) is 0 Å². The van der Waals surface area contributed by atoms with Gasteiger partial charge in [-0.1, -0.05) is 60.7 Å². The first-order valence-electron chi connectivity index (χ1n) is 6.24. The molecule has 0 radical (unpaired) electrons. The standard InChI is InChI=1S/C16H12ClNO3/c17-15(19)11-14(12-7-3-1-4-8-12)16(18(20)21)13-9-5-2-6-10-13/h1-11,16H/b14-11+. The van der Waals surface area contributed by atoms with E-state index in [4.69, 9.17) is 11.6 Å². The van der Waals surface area contributed by atoms with Crippen LogP contribution in [0.1, 0.15) is 17.2 Å². The fourth-order valence-electron chi connectivity index (χ4n) is 2.12. The largest absolute Gasteiger partial charge is 0.276 e. The normalized spacial score (nSPS) is 12.7. The maximum Gasteiger partial charge on any atom is 0.263 e. The number of carbonyl (C=O) groups is 1. The molecule has 0 fully saturated rings. The molecule has 0 saturated carbocycles. The second-order valence-electron chi connectivity index (χ2n) is 4.37. The average molecular weight is 302 g/mol. The summed E-state index contributed by atoms with van der Waals surface area (Å²) in [5.74, 6) is 0. The molecule has 0 heterocycles. The lowest BCUT2D eigenvalue weighted by atomic mass is 9.93. The molecule has 0 amide bonds. The fraction of sp³-hybridized carbons (Fsp3) is 0.0625. The molecule has 5 heteroatoms. The third-order valence-electron chi connectivity index (χ3n) is 3.00. The third-order valence-corrected chi connectivity index (χ3v) is 3.11. The summed E-state index contributed by atoms with van der Waals surface area (Å²) in [4.78, 5) is 22.3. The zero-order valence-electron chi connectivity index (χ0n) is 11.0. The van der Waals surface area contributed by atoms with E-state index in [1.807, 2.05) is 0 Å². The fourth-order valence-corrected chi connectivity index (χ4v) is 2.24. The summed E-state index contributed by atoms with van der Waals surface area (Å²) in [5, 5.41) is 10.8. The van der Waals surface area contributed by atoms with Gasteiger partial charge in [-0.2, -0.15) is 0 Å². The number of halogens is 1. The molecule has 0 bridgehead atoms. The summed E-state index contributed by atoms with van der Waals surface area (Å²) in [5.41, 5.74) is 1.36. The van der Waals surface area contributed by atoms with E-state index in [1.165, 1.54) is 0 Å². The molecule has 106 valence electrons. The first kappa shape index (κ1) is 14.9. The summed E-state index contributed by atoms with van der Waals surface area (Å²) in [6.07, 6.45) is 1.11. The van der Waals surface area contributed by atoms with Crippen molar-refractivity contribution in [1.29, 1.82) is 0 Å². The molecule has 0 aromatic heterocycles. The van der Waals surface area contributed by atoms with Gasteiger partial charge in [-0.25, -0.2) is 0 Å². The average Bonchev–Trinajstić information content (AvgIpc) is 2.48. The van der Waals surface area contributed by atoms with Gasteiger partial charge in [0, 0.05) is 22.1 Å². The Morgan fingerprint density at radius 3 is 2.05 bits per heavy atom. The third kappa shape index (κ3) is 3.77. The number of nitrogens with zero attached hydrogens (tertiary/aromatic N) is 1. The second kappa shape index (κ2) is 6.81. The Kier molecular flexibility index (Phi) is 4.85. The van der Waals surface area contributed by atoms with Crippen molar-refractivity contribution in [3.05, 3.63) is 88.0 Å². The highest BCUT2D eigenvalue weighted by atomic mass is 35.5. The minimum Gasteiger partial charge on any atom is -0.276 e. The Morgan fingerprint density at radius 1 is 1.05 bits per heavy atom. The number of carbonyl (C=O) groups excluding carboxylic acids is 1. The molecule has 1 unspecified atom stereocenters. The molecular formula is C16H12ClNO3. The van der Waals surface area contributed by atoms with Gasteiger partial charge in [0.2, 0.25) is 5.24 Å². The van der Waals surface area contributed by atoms with Crippen molar-refractivity contribution in [2.45, 2.75) is 6.04 Å². The smallest absolute Gasteiger partial charge is 0.263 e. The van der Waals surface area contributed by atoms with Crippen molar-refractivity contribution >= 4 is 22.4 Å². The highest BCUT2D eigenvalue weighted by Gasteiger charge is 2.29. The van der Waals surface area contributed by atoms with Crippen LogP contribution < -0.4 is 0 Å². The Labute approximate surface area is 126 Å². The van der Waals surface area contributed by atoms with Crippen molar-refractivity contribution < 1.29 is 9.72 Å². The summed E-state index contributed by atoms with van der Waals surface area (Å²) < 4.78 is 0. The Morgan fingerprint density at radius 2 is 1.57 bits per heavy atom. The van der Waals surface area contributed by atoms with E-state index < -0.39 is 16.2 Å². The van der Waals surface area contributed by atoms with Crippen LogP contribution >= 0.6 is 11.6 Å². The van der Waals surface area contributed by atoms with E-state index in [-0.39, 0.29) is 5.57 Å². The van der Waals surface area contributed by atoms with E-state index in [0.717, 1.165) is 6.08 Å². The maximum atomic E-state index is 11.5. The number of hydrogen-bond acceptors (Lipinski definition) is 3. The van der Waals surface area contributed by atoms with Crippen LogP contribution in [0.5, 0.6) is 0 Å². The van der Waals surface area contributed by atoms with Gasteiger partial charge in [-0.15, -0.1) is 0 Å². The summed E-state index contributed by atoms with van der Waals surface area (Å²) in [6.45, 7) is 0. The van der Waals surface area contributed by atoms with Gasteiger partial charge < -0.3 is 0 Å². The monoisotopic (exact) mass is 301 g/mol. The molecule has 1 atom stereocenters. The number of nitro groups is 1. The number of benzene rings is 2. The molecule has 0 saturated heterocycles. The molecule has 4 nitrogen and oxygen atoms in total. The van der Waals surface area contributed by atoms with E-state index in [2.05, 4.69) is 0 Å². The molecule has 2 aromatic rings. The molecule has 0 aliphatic rings. The topological polar surface area (TPSA) is 60.2 Å². The molecular weight excluding hydrogens is 290 g/mol. The quantitative estimate of drug-likeness (QED) is 0.365. The minimum atomic E-state index is -1.14. The zero-order chi connectivity index (χ0) is 15.2. The summed E-state index contributed by atoms with van der Waals surface area (Å²) in [6, 6.07) is 16.1. The zero-order valence-corrected chi connectivity index (χ0v) is 11.7. The van der Waals surface area contributed by atoms with Crippen LogP contribution in [0, 0.1) is 10.1 Å². The van der Waals surface area contributed by atoms with Crippen molar-refractivity contribution in [2.75, 3.05) is 0 Å². The van der Waals surface area contributed by atoms with Crippen LogP contribution in [0.4, 0.5) is 0 Å². The maximum absolute atomic E-state index is 11.5. The van der Waals surface area contributed by atoms with Gasteiger partial charge in [-0.3, -0.25) is 14.9 Å². The minimum absolute atomic E-state index is 0.270. The van der Waals surface area contributed by atoms with Crippen LogP contribution in [0.15, 0.2) is 66.7 Å². The molecule has 0 spiro atoms. The predicted octanol–water partition coefficient (Wildman–Crippen LogP) is 3.85. The summed E-state index contributed by atoms with van der Waals surface area (Å²) in [7, 11) is 0. The van der Waals surface area contributed by atoms with Crippen LogP contribution in [-0.2, 0) is 4.79 Å². The molecule has 0 N–H and O–H groups in total. The first-order chi connectivity index (χ1) is 10.1. The van der Waals surface area contributed by atoms with Gasteiger partial charge in [-0.05, 0) is 17.2 Å². The Bertz CT molecular complexity index is 668. The van der Waals surface area contributed by atoms with Crippen LogP contribution in [0.25, 0.3) is 5.57 Å². The molecule has 0 aliphatic carbocycles. The van der Waals surface area contributed by atoms with Crippen LogP contribution in [0.3, 0.4) is 0 Å². The number of rotatable bonds is 5. The molecule has 2 rings (SSSR count). The highest BCUT2D eigenvalue weighted by molar-refractivity contribution is 6.67. The Balaban J connectivity index is 2.58. The first-order valence-corrected chi connectivity index (χ1v) is 6.62. The van der Waals surface area contributed by atoms with Crippen LogP contribution in [0.2, 0.25) is 0 Å². The van der Waals surface area contributed by atoms with Gasteiger partial charge in [0.05, 0.1) is 0 Å². The number of allylic oxidation sites excluding steroid dienone is 1. The lowest BCUT2D eigenvalue weighted by Gasteiger charge is -2.14. The van der Waals surface area contributed by atoms with Gasteiger partial charge in [0.25, 0.3) is 6.04 Å². The SMILES string of the molecule is O=C(Cl)/C=C(\c1ccccc1)C(c1ccccc1)[N+](=O)[O-]. The van der Waals surface area contributed by atoms with E-state index in [0.29, 0.717) is 11.1 Å². The molecule has 0 aliphatic heterocycles. The summed E-state index contributed by atoms with van der Waals surface area (Å²) >= 11 is 5.42. The predicted molar refractivity (Wildman–Crippen MR) is 81.5 cm³/mol. The van der Waals surface area contributed by atoms with Crippen molar-refractivity contribution in [2.24, 2.45) is 0 Å². The van der Waals surface area contributed by atoms with Crippen LogP contribution in [-0.4, -0.2) is 10.2 Å². The van der Waals surface area contributed by atoms with E-state index in [1.54, 1.807) is 60.7 Å². The lowest BCUT2D eigenvalue weighted by Crippen LogP contribution is -2.13. The van der Waals surface area contributed by atoms with E-state index in [9.17, 15) is 14.9 Å². The Hall–Kier alpha value is -2.46. The number of hydrogen-bond donors (Lipinski definition) is 0. The molecule has 2 aromatic carbocycles. The van der Waals surface area contributed by atoms with Crippen molar-refractivity contribution in [1.82, 2.24) is 0 Å². The van der Waals surface area contributed by atoms with Gasteiger partial charge >= 0.3 is 0 Å². The van der Waals surface area contributed by atoms with Gasteiger partial charge in [0.15, 0.2) is 0 Å². The molecule has 21 heavy (non-hydrogen) atoms. The van der Waals surface area contributed by atoms with Crippen molar-refractivity contribution in [3.63, 3.8) is 0 Å². The highest BCUT2D eigenvalue weighted by Crippen LogP contribution is 2.32. The second-order valence-corrected chi connectivity index (χ2v) is 4.74. The van der Waals surface area contributed by atoms with E-state index >= 15 is 0 Å². The van der Waals surface area contributed by atoms with Gasteiger partial charge in [0.1, 0.15) is 0 Å². The lowest BCUT2D eigenvalue weighted by molar-refractivity contribution is -0.511.